The van der Waals surface area contributed by atoms with Gasteiger partial charge in [0.15, 0.2) is 0 Å². The molecule has 2 heteroatoms. The van der Waals surface area contributed by atoms with Gasteiger partial charge in [-0.25, -0.2) is 0 Å². The number of nitrogens with two attached hydrogens (primary N) is 1. The van der Waals surface area contributed by atoms with Crippen molar-refractivity contribution in [2.75, 3.05) is 18.0 Å². The minimum absolute atomic E-state index is 0.597. The Morgan fingerprint density at radius 3 is 2.88 bits per heavy atom. The summed E-state index contributed by atoms with van der Waals surface area (Å²) >= 11 is 0. The van der Waals surface area contributed by atoms with Crippen LogP contribution in [0.1, 0.15) is 31.4 Å². The molecule has 0 saturated carbocycles. The fourth-order valence-electron chi connectivity index (χ4n) is 2.54. The summed E-state index contributed by atoms with van der Waals surface area (Å²) in [6.07, 6.45) is 3.49. The van der Waals surface area contributed by atoms with Gasteiger partial charge in [0.2, 0.25) is 0 Å². The van der Waals surface area contributed by atoms with Crippen LogP contribution in [0, 0.1) is 0 Å². The second-order valence-electron chi connectivity index (χ2n) is 4.89. The zero-order valence-corrected chi connectivity index (χ0v) is 10.4. The first-order valence-electron chi connectivity index (χ1n) is 6.31. The molecule has 0 amide bonds. The van der Waals surface area contributed by atoms with Crippen molar-refractivity contribution in [2.24, 2.45) is 5.73 Å². The second kappa shape index (κ2) is 4.88. The summed E-state index contributed by atoms with van der Waals surface area (Å²) in [5.74, 6) is 0. The molecule has 0 unspecified atom stereocenters. The largest absolute Gasteiger partial charge is 0.369 e. The lowest BCUT2D eigenvalue weighted by molar-refractivity contribution is 0.625. The predicted molar refractivity (Wildman–Crippen MR) is 70.0 cm³/mol. The van der Waals surface area contributed by atoms with Crippen LogP contribution in [0.4, 0.5) is 5.69 Å². The number of anilines is 1. The highest BCUT2D eigenvalue weighted by Gasteiger charge is 2.18. The fourth-order valence-corrected chi connectivity index (χ4v) is 2.54. The van der Waals surface area contributed by atoms with Gasteiger partial charge >= 0.3 is 0 Å². The van der Waals surface area contributed by atoms with Crippen LogP contribution in [0.15, 0.2) is 18.2 Å². The number of hydrogen-bond acceptors (Lipinski definition) is 2. The number of nitrogens with zero attached hydrogens (tertiary/aromatic N) is 1. The molecule has 88 valence electrons. The molecule has 2 N–H and O–H groups in total. The Morgan fingerprint density at radius 1 is 1.38 bits per heavy atom. The summed E-state index contributed by atoms with van der Waals surface area (Å²) in [5, 5.41) is 0. The Morgan fingerprint density at radius 2 is 2.19 bits per heavy atom. The van der Waals surface area contributed by atoms with E-state index in [0.717, 1.165) is 13.0 Å². The molecular weight excluding hydrogens is 196 g/mol. The van der Waals surface area contributed by atoms with Crippen molar-refractivity contribution in [3.05, 3.63) is 29.3 Å². The van der Waals surface area contributed by atoms with Gasteiger partial charge in [-0.2, -0.15) is 0 Å². The van der Waals surface area contributed by atoms with Crippen LogP contribution in [0.2, 0.25) is 0 Å². The van der Waals surface area contributed by atoms with E-state index in [1.165, 1.54) is 36.2 Å². The van der Waals surface area contributed by atoms with Crippen molar-refractivity contribution in [1.29, 1.82) is 0 Å². The summed E-state index contributed by atoms with van der Waals surface area (Å²) in [5.41, 5.74) is 9.92. The lowest BCUT2D eigenvalue weighted by Gasteiger charge is -2.35. The average molecular weight is 218 g/mol. The highest BCUT2D eigenvalue weighted by molar-refractivity contribution is 5.57. The van der Waals surface area contributed by atoms with Gasteiger partial charge in [0.1, 0.15) is 0 Å². The van der Waals surface area contributed by atoms with Crippen LogP contribution in [-0.4, -0.2) is 19.1 Å². The van der Waals surface area contributed by atoms with E-state index in [1.807, 2.05) is 0 Å². The minimum Gasteiger partial charge on any atom is -0.369 e. The zero-order valence-electron chi connectivity index (χ0n) is 10.4. The highest BCUT2D eigenvalue weighted by Crippen LogP contribution is 2.29. The molecule has 0 bridgehead atoms. The fraction of sp³-hybridized carbons (Fsp3) is 0.571. The van der Waals surface area contributed by atoms with Crippen molar-refractivity contribution in [3.63, 3.8) is 0 Å². The van der Waals surface area contributed by atoms with Gasteiger partial charge in [-0.05, 0) is 56.8 Å². The van der Waals surface area contributed by atoms with Gasteiger partial charge in [0.25, 0.3) is 0 Å². The molecule has 0 aromatic heterocycles. The third-order valence-electron chi connectivity index (χ3n) is 3.35. The van der Waals surface area contributed by atoms with Crippen LogP contribution < -0.4 is 10.6 Å². The number of hydrogen-bond donors (Lipinski definition) is 1. The molecule has 0 fully saturated rings. The summed E-state index contributed by atoms with van der Waals surface area (Å²) in [7, 11) is 0. The summed E-state index contributed by atoms with van der Waals surface area (Å²) in [6, 6.07) is 7.45. The Labute approximate surface area is 98.4 Å². The number of rotatable bonds is 3. The van der Waals surface area contributed by atoms with Gasteiger partial charge in [0, 0.05) is 18.3 Å². The quantitative estimate of drug-likeness (QED) is 0.844. The maximum atomic E-state index is 5.60. The van der Waals surface area contributed by atoms with Gasteiger partial charge in [-0.3, -0.25) is 0 Å². The average Bonchev–Trinajstić information content (AvgIpc) is 2.28. The number of aryl methyl sites for hydroxylation is 1. The van der Waals surface area contributed by atoms with Gasteiger partial charge in [-0.15, -0.1) is 0 Å². The number of benzene rings is 1. The van der Waals surface area contributed by atoms with Crippen LogP contribution in [0.25, 0.3) is 0 Å². The summed E-state index contributed by atoms with van der Waals surface area (Å²) < 4.78 is 0. The van der Waals surface area contributed by atoms with Crippen LogP contribution in [0.3, 0.4) is 0 Å². The smallest absolute Gasteiger partial charge is 0.0401 e. The lowest BCUT2D eigenvalue weighted by Crippen LogP contribution is -2.35. The molecule has 2 nitrogen and oxygen atoms in total. The molecule has 0 spiro atoms. The van der Waals surface area contributed by atoms with E-state index in [4.69, 9.17) is 5.73 Å². The number of fused-ring (bicyclic) bond motifs is 1. The van der Waals surface area contributed by atoms with Crippen molar-refractivity contribution in [2.45, 2.75) is 39.2 Å². The SMILES string of the molecule is CC(C)N1CCCc2cc(CCN)ccc21. The molecule has 0 saturated heterocycles. The van der Waals surface area contributed by atoms with E-state index >= 15 is 0 Å². The summed E-state index contributed by atoms with van der Waals surface area (Å²) in [6.45, 7) is 6.47. The van der Waals surface area contributed by atoms with Crippen LogP contribution >= 0.6 is 0 Å². The Hall–Kier alpha value is -1.02. The summed E-state index contributed by atoms with van der Waals surface area (Å²) in [4.78, 5) is 2.51. The minimum atomic E-state index is 0.597. The van der Waals surface area contributed by atoms with E-state index in [-0.39, 0.29) is 0 Å². The van der Waals surface area contributed by atoms with E-state index < -0.39 is 0 Å². The van der Waals surface area contributed by atoms with Crippen LogP contribution in [0.5, 0.6) is 0 Å². The lowest BCUT2D eigenvalue weighted by atomic mass is 9.97. The molecule has 1 aliphatic heterocycles. The molecule has 0 radical (unpaired) electrons. The first-order valence-corrected chi connectivity index (χ1v) is 6.31. The monoisotopic (exact) mass is 218 g/mol. The molecule has 16 heavy (non-hydrogen) atoms. The second-order valence-corrected chi connectivity index (χ2v) is 4.89. The van der Waals surface area contributed by atoms with Crippen molar-refractivity contribution < 1.29 is 0 Å². The standard InChI is InChI=1S/C14H22N2/c1-11(2)16-9-3-4-13-10-12(7-8-15)5-6-14(13)16/h5-6,10-11H,3-4,7-9,15H2,1-2H3. The normalized spacial score (nSPS) is 15.4. The Bertz CT molecular complexity index is 358. The van der Waals surface area contributed by atoms with E-state index in [9.17, 15) is 0 Å². The predicted octanol–water partition coefficient (Wildman–Crippen LogP) is 2.35. The first-order chi connectivity index (χ1) is 7.72. The first kappa shape index (κ1) is 11.5. The van der Waals surface area contributed by atoms with E-state index in [1.54, 1.807) is 0 Å². The molecular formula is C14H22N2. The van der Waals surface area contributed by atoms with Gasteiger partial charge in [-0.1, -0.05) is 12.1 Å². The maximum Gasteiger partial charge on any atom is 0.0401 e. The van der Waals surface area contributed by atoms with Crippen molar-refractivity contribution in [1.82, 2.24) is 0 Å². The molecule has 1 aliphatic rings. The van der Waals surface area contributed by atoms with Crippen molar-refractivity contribution >= 4 is 5.69 Å². The molecule has 1 aromatic carbocycles. The Kier molecular flexibility index (Phi) is 3.49. The van der Waals surface area contributed by atoms with Gasteiger partial charge < -0.3 is 10.6 Å². The molecule has 1 heterocycles. The topological polar surface area (TPSA) is 29.3 Å². The highest BCUT2D eigenvalue weighted by atomic mass is 15.2. The maximum absolute atomic E-state index is 5.60. The third kappa shape index (κ3) is 2.22. The molecule has 0 aliphatic carbocycles. The molecule has 0 atom stereocenters. The Balaban J connectivity index is 2.29. The van der Waals surface area contributed by atoms with Gasteiger partial charge in [0.05, 0.1) is 0 Å². The van der Waals surface area contributed by atoms with E-state index in [2.05, 4.69) is 36.9 Å². The molecule has 2 rings (SSSR count). The third-order valence-corrected chi connectivity index (χ3v) is 3.35. The van der Waals surface area contributed by atoms with Crippen molar-refractivity contribution in [3.8, 4) is 0 Å². The molecule has 1 aromatic rings. The zero-order chi connectivity index (χ0) is 11.5. The van der Waals surface area contributed by atoms with E-state index in [0.29, 0.717) is 6.04 Å². The van der Waals surface area contributed by atoms with Crippen LogP contribution in [-0.2, 0) is 12.8 Å².